The van der Waals surface area contributed by atoms with Gasteiger partial charge in [0.2, 0.25) is 0 Å². The Balaban J connectivity index is 1.95. The van der Waals surface area contributed by atoms with Gasteiger partial charge in [-0.25, -0.2) is 9.37 Å². The molecule has 0 fully saturated rings. The van der Waals surface area contributed by atoms with Crippen LogP contribution < -0.4 is 5.56 Å². The SMILES string of the molecule is Cc1ccc(-n2c(C=Cc3ccc(F)cc3)nc3ccccc3c2=O)c(C)c1. The van der Waals surface area contributed by atoms with Crippen molar-refractivity contribution in [1.29, 1.82) is 0 Å². The Morgan fingerprint density at radius 3 is 2.43 bits per heavy atom. The van der Waals surface area contributed by atoms with Gasteiger partial charge >= 0.3 is 0 Å². The molecule has 28 heavy (non-hydrogen) atoms. The van der Waals surface area contributed by atoms with Gasteiger partial charge in [0.15, 0.2) is 0 Å². The third-order valence-corrected chi connectivity index (χ3v) is 4.69. The molecule has 0 N–H and O–H groups in total. The molecule has 0 spiro atoms. The minimum atomic E-state index is -0.284. The Morgan fingerprint density at radius 2 is 1.68 bits per heavy atom. The van der Waals surface area contributed by atoms with Gasteiger partial charge in [0.25, 0.3) is 5.56 Å². The molecule has 0 saturated carbocycles. The number of hydrogen-bond acceptors (Lipinski definition) is 2. The Hall–Kier alpha value is -3.53. The molecule has 3 nitrogen and oxygen atoms in total. The quantitative estimate of drug-likeness (QED) is 0.490. The zero-order valence-electron chi connectivity index (χ0n) is 15.7. The highest BCUT2D eigenvalue weighted by Gasteiger charge is 2.12. The van der Waals surface area contributed by atoms with Gasteiger partial charge in [0, 0.05) is 0 Å². The summed E-state index contributed by atoms with van der Waals surface area (Å²) >= 11 is 0. The molecule has 1 aromatic heterocycles. The number of para-hydroxylation sites is 1. The van der Waals surface area contributed by atoms with Crippen LogP contribution in [0.3, 0.4) is 0 Å². The van der Waals surface area contributed by atoms with Crippen LogP contribution in [-0.2, 0) is 0 Å². The maximum Gasteiger partial charge on any atom is 0.266 e. The van der Waals surface area contributed by atoms with Crippen molar-refractivity contribution in [3.8, 4) is 5.69 Å². The van der Waals surface area contributed by atoms with Crippen molar-refractivity contribution in [2.75, 3.05) is 0 Å². The van der Waals surface area contributed by atoms with E-state index in [2.05, 4.69) is 0 Å². The number of aromatic nitrogens is 2. The normalized spacial score (nSPS) is 11.4. The first kappa shape index (κ1) is 17.9. The second-order valence-electron chi connectivity index (χ2n) is 6.80. The Labute approximate surface area is 162 Å². The van der Waals surface area contributed by atoms with Crippen LogP contribution in [0.2, 0.25) is 0 Å². The van der Waals surface area contributed by atoms with Crippen LogP contribution >= 0.6 is 0 Å². The fraction of sp³-hybridized carbons (Fsp3) is 0.0833. The van der Waals surface area contributed by atoms with E-state index in [0.29, 0.717) is 16.7 Å². The number of rotatable bonds is 3. The summed E-state index contributed by atoms with van der Waals surface area (Å²) in [7, 11) is 0. The largest absolute Gasteiger partial charge is 0.268 e. The smallest absolute Gasteiger partial charge is 0.266 e. The van der Waals surface area contributed by atoms with Crippen LogP contribution in [0, 0.1) is 19.7 Å². The number of hydrogen-bond donors (Lipinski definition) is 0. The molecule has 0 saturated heterocycles. The van der Waals surface area contributed by atoms with E-state index < -0.39 is 0 Å². The van der Waals surface area contributed by atoms with Crippen LogP contribution in [0.15, 0.2) is 71.5 Å². The van der Waals surface area contributed by atoms with E-state index in [1.54, 1.807) is 28.8 Å². The van der Waals surface area contributed by atoms with E-state index in [1.165, 1.54) is 12.1 Å². The average Bonchev–Trinajstić information content (AvgIpc) is 2.69. The molecule has 4 heteroatoms. The molecular formula is C24H19FN2O. The summed E-state index contributed by atoms with van der Waals surface area (Å²) < 4.78 is 14.8. The topological polar surface area (TPSA) is 34.9 Å². The highest BCUT2D eigenvalue weighted by Crippen LogP contribution is 2.19. The minimum Gasteiger partial charge on any atom is -0.268 e. The first-order valence-electron chi connectivity index (χ1n) is 9.06. The van der Waals surface area contributed by atoms with Gasteiger partial charge in [0.05, 0.1) is 16.6 Å². The number of aryl methyl sites for hydroxylation is 2. The van der Waals surface area contributed by atoms with Crippen molar-refractivity contribution in [3.05, 3.63) is 105 Å². The van der Waals surface area contributed by atoms with Crippen LogP contribution in [-0.4, -0.2) is 9.55 Å². The standard InChI is InChI=1S/C24H19FN2O/c1-16-7-13-22(17(2)15-16)27-23(14-10-18-8-11-19(25)12-9-18)26-21-6-4-3-5-20(21)24(27)28/h3-15H,1-2H3. The molecule has 0 amide bonds. The minimum absolute atomic E-state index is 0.115. The summed E-state index contributed by atoms with van der Waals surface area (Å²) in [5.74, 6) is 0.244. The first-order valence-corrected chi connectivity index (χ1v) is 9.06. The molecule has 0 aliphatic heterocycles. The lowest BCUT2D eigenvalue weighted by Crippen LogP contribution is -2.23. The second kappa shape index (κ2) is 7.24. The molecule has 4 rings (SSSR count). The predicted octanol–water partition coefficient (Wildman–Crippen LogP) is 5.31. The Morgan fingerprint density at radius 1 is 0.929 bits per heavy atom. The number of fused-ring (bicyclic) bond motifs is 1. The van der Waals surface area contributed by atoms with Gasteiger partial charge in [-0.3, -0.25) is 9.36 Å². The fourth-order valence-corrected chi connectivity index (χ4v) is 3.30. The summed E-state index contributed by atoms with van der Waals surface area (Å²) in [6.45, 7) is 4.00. The van der Waals surface area contributed by atoms with Crippen molar-refractivity contribution >= 4 is 23.1 Å². The van der Waals surface area contributed by atoms with E-state index in [1.807, 2.05) is 56.3 Å². The number of benzene rings is 3. The van der Waals surface area contributed by atoms with Gasteiger partial charge in [-0.05, 0) is 61.4 Å². The molecule has 0 radical (unpaired) electrons. The van der Waals surface area contributed by atoms with Crippen LogP contribution in [0.5, 0.6) is 0 Å². The van der Waals surface area contributed by atoms with Crippen molar-refractivity contribution < 1.29 is 4.39 Å². The highest BCUT2D eigenvalue weighted by molar-refractivity contribution is 5.80. The van der Waals surface area contributed by atoms with Crippen molar-refractivity contribution in [1.82, 2.24) is 9.55 Å². The van der Waals surface area contributed by atoms with Crippen molar-refractivity contribution in [3.63, 3.8) is 0 Å². The van der Waals surface area contributed by atoms with E-state index >= 15 is 0 Å². The van der Waals surface area contributed by atoms with Crippen LogP contribution in [0.4, 0.5) is 4.39 Å². The van der Waals surface area contributed by atoms with Gasteiger partial charge in [-0.15, -0.1) is 0 Å². The maximum atomic E-state index is 13.3. The van der Waals surface area contributed by atoms with Gasteiger partial charge < -0.3 is 0 Å². The van der Waals surface area contributed by atoms with E-state index in [0.717, 1.165) is 22.4 Å². The van der Waals surface area contributed by atoms with Crippen LogP contribution in [0.25, 0.3) is 28.7 Å². The molecule has 4 aromatic rings. The van der Waals surface area contributed by atoms with Crippen molar-refractivity contribution in [2.45, 2.75) is 13.8 Å². The molecule has 0 atom stereocenters. The Bertz CT molecular complexity index is 1250. The zero-order valence-corrected chi connectivity index (χ0v) is 15.7. The summed E-state index contributed by atoms with van der Waals surface area (Å²) in [6.07, 6.45) is 3.62. The maximum absolute atomic E-state index is 13.3. The monoisotopic (exact) mass is 370 g/mol. The van der Waals surface area contributed by atoms with E-state index in [4.69, 9.17) is 4.98 Å². The first-order chi connectivity index (χ1) is 13.5. The molecule has 0 aliphatic rings. The highest BCUT2D eigenvalue weighted by atomic mass is 19.1. The summed E-state index contributed by atoms with van der Waals surface area (Å²) in [4.78, 5) is 18.0. The number of halogens is 1. The molecule has 3 aromatic carbocycles. The number of nitrogens with zero attached hydrogens (tertiary/aromatic N) is 2. The van der Waals surface area contributed by atoms with Gasteiger partial charge in [-0.2, -0.15) is 0 Å². The molecule has 138 valence electrons. The third kappa shape index (κ3) is 3.37. The van der Waals surface area contributed by atoms with Crippen LogP contribution in [0.1, 0.15) is 22.5 Å². The lowest BCUT2D eigenvalue weighted by Gasteiger charge is -2.14. The molecule has 0 bridgehead atoms. The molecule has 0 aliphatic carbocycles. The van der Waals surface area contributed by atoms with Gasteiger partial charge in [-0.1, -0.05) is 48.0 Å². The zero-order chi connectivity index (χ0) is 19.7. The molecule has 0 unspecified atom stereocenters. The predicted molar refractivity (Wildman–Crippen MR) is 112 cm³/mol. The lowest BCUT2D eigenvalue weighted by molar-refractivity contribution is 0.628. The second-order valence-corrected chi connectivity index (χ2v) is 6.80. The van der Waals surface area contributed by atoms with Crippen molar-refractivity contribution in [2.24, 2.45) is 0 Å². The molecule has 1 heterocycles. The van der Waals surface area contributed by atoms with E-state index in [9.17, 15) is 9.18 Å². The molecular weight excluding hydrogens is 351 g/mol. The fourth-order valence-electron chi connectivity index (χ4n) is 3.30. The summed E-state index contributed by atoms with van der Waals surface area (Å²) in [5.41, 5.74) is 4.29. The lowest BCUT2D eigenvalue weighted by atomic mass is 10.1. The summed E-state index contributed by atoms with van der Waals surface area (Å²) in [5, 5.41) is 0.571. The third-order valence-electron chi connectivity index (χ3n) is 4.69. The Kier molecular flexibility index (Phi) is 4.62. The average molecular weight is 370 g/mol. The van der Waals surface area contributed by atoms with E-state index in [-0.39, 0.29) is 11.4 Å². The summed E-state index contributed by atoms with van der Waals surface area (Å²) in [6, 6.07) is 19.5. The van der Waals surface area contributed by atoms with Gasteiger partial charge in [0.1, 0.15) is 11.6 Å².